The van der Waals surface area contributed by atoms with Crippen molar-refractivity contribution in [3.63, 3.8) is 0 Å². The van der Waals surface area contributed by atoms with Crippen LogP contribution in [0.5, 0.6) is 0 Å². The van der Waals surface area contributed by atoms with Gasteiger partial charge in [-0.15, -0.1) is 5.10 Å². The summed E-state index contributed by atoms with van der Waals surface area (Å²) in [6.07, 6.45) is 4.79. The lowest BCUT2D eigenvalue weighted by molar-refractivity contribution is 0.174. The summed E-state index contributed by atoms with van der Waals surface area (Å²) in [5.41, 5.74) is 9.15. The Morgan fingerprint density at radius 1 is 1.33 bits per heavy atom. The van der Waals surface area contributed by atoms with Crippen LogP contribution in [0.25, 0.3) is 11.4 Å². The second-order valence-electron chi connectivity index (χ2n) is 6.94. The molecule has 1 fully saturated rings. The summed E-state index contributed by atoms with van der Waals surface area (Å²) in [5.74, 6) is 0.857. The van der Waals surface area contributed by atoms with Crippen molar-refractivity contribution in [2.45, 2.75) is 52.5 Å². The van der Waals surface area contributed by atoms with Crippen molar-refractivity contribution < 1.29 is 0 Å². The Morgan fingerprint density at radius 2 is 2.14 bits per heavy atom. The molecule has 3 rings (SSSR count). The van der Waals surface area contributed by atoms with Crippen LogP contribution in [-0.4, -0.2) is 20.2 Å². The number of hydrogen-bond donors (Lipinski definition) is 1. The molecule has 1 unspecified atom stereocenters. The van der Waals surface area contributed by atoms with Crippen LogP contribution in [0.4, 0.5) is 5.69 Å². The highest BCUT2D eigenvalue weighted by molar-refractivity contribution is 5.63. The summed E-state index contributed by atoms with van der Waals surface area (Å²) >= 11 is 0. The predicted octanol–water partition coefficient (Wildman–Crippen LogP) is 3.37. The first-order valence-corrected chi connectivity index (χ1v) is 7.61. The fourth-order valence-electron chi connectivity index (χ4n) is 3.42. The van der Waals surface area contributed by atoms with E-state index in [0.29, 0.717) is 11.5 Å². The lowest BCUT2D eigenvalue weighted by Crippen LogP contribution is -2.26. The van der Waals surface area contributed by atoms with Crippen molar-refractivity contribution in [2.24, 2.45) is 5.41 Å². The molecule has 5 heteroatoms. The first-order chi connectivity index (χ1) is 9.96. The SMILES string of the molecule is Cc1cc(N)ccc1-c1nnnn1C1CCCC(C)(C)C1. The summed E-state index contributed by atoms with van der Waals surface area (Å²) in [5, 5.41) is 12.4. The quantitative estimate of drug-likeness (QED) is 0.859. The van der Waals surface area contributed by atoms with Gasteiger partial charge in [0.2, 0.25) is 0 Å². The Morgan fingerprint density at radius 3 is 2.86 bits per heavy atom. The molecule has 1 aromatic heterocycles. The number of nitrogen functional groups attached to an aromatic ring is 1. The van der Waals surface area contributed by atoms with E-state index in [1.54, 1.807) is 0 Å². The number of rotatable bonds is 2. The van der Waals surface area contributed by atoms with Crippen molar-refractivity contribution in [1.29, 1.82) is 0 Å². The maximum Gasteiger partial charge on any atom is 0.182 e. The summed E-state index contributed by atoms with van der Waals surface area (Å²) in [6.45, 7) is 6.71. The van der Waals surface area contributed by atoms with Gasteiger partial charge in [-0.25, -0.2) is 4.68 Å². The number of aryl methyl sites for hydroxylation is 1. The molecule has 1 aliphatic rings. The summed E-state index contributed by atoms with van der Waals surface area (Å²) in [6, 6.07) is 6.28. The number of aromatic nitrogens is 4. The molecule has 0 radical (unpaired) electrons. The van der Waals surface area contributed by atoms with Gasteiger partial charge in [0.15, 0.2) is 5.82 Å². The molecule has 5 nitrogen and oxygen atoms in total. The second-order valence-corrected chi connectivity index (χ2v) is 6.94. The normalized spacial score (nSPS) is 21.4. The number of anilines is 1. The lowest BCUT2D eigenvalue weighted by Gasteiger charge is -2.35. The van der Waals surface area contributed by atoms with Crippen LogP contribution in [-0.2, 0) is 0 Å². The predicted molar refractivity (Wildman–Crippen MR) is 83.7 cm³/mol. The first kappa shape index (κ1) is 14.0. The molecule has 1 aliphatic carbocycles. The highest BCUT2D eigenvalue weighted by atomic mass is 15.5. The molecular formula is C16H23N5. The molecular weight excluding hydrogens is 262 g/mol. The van der Waals surface area contributed by atoms with Gasteiger partial charge in [0.05, 0.1) is 6.04 Å². The summed E-state index contributed by atoms with van der Waals surface area (Å²) in [4.78, 5) is 0. The lowest BCUT2D eigenvalue weighted by atomic mass is 9.75. The zero-order valence-corrected chi connectivity index (χ0v) is 13.0. The van der Waals surface area contributed by atoms with Gasteiger partial charge < -0.3 is 5.73 Å². The zero-order valence-electron chi connectivity index (χ0n) is 13.0. The van der Waals surface area contributed by atoms with Crippen molar-refractivity contribution in [3.05, 3.63) is 23.8 Å². The Hall–Kier alpha value is -1.91. The molecule has 1 aromatic carbocycles. The molecule has 112 valence electrons. The van der Waals surface area contributed by atoms with Gasteiger partial charge >= 0.3 is 0 Å². The number of hydrogen-bond acceptors (Lipinski definition) is 4. The average molecular weight is 285 g/mol. The van der Waals surface area contributed by atoms with Crippen molar-refractivity contribution >= 4 is 5.69 Å². The minimum Gasteiger partial charge on any atom is -0.399 e. The topological polar surface area (TPSA) is 69.6 Å². The van der Waals surface area contributed by atoms with E-state index in [2.05, 4.69) is 36.3 Å². The molecule has 1 heterocycles. The number of nitrogens with zero attached hydrogens (tertiary/aromatic N) is 4. The van der Waals surface area contributed by atoms with Gasteiger partial charge in [-0.1, -0.05) is 20.3 Å². The van der Waals surface area contributed by atoms with Crippen LogP contribution in [0.2, 0.25) is 0 Å². The van der Waals surface area contributed by atoms with Gasteiger partial charge in [-0.3, -0.25) is 0 Å². The zero-order chi connectivity index (χ0) is 15.0. The third kappa shape index (κ3) is 2.77. The molecule has 0 bridgehead atoms. The fourth-order valence-corrected chi connectivity index (χ4v) is 3.42. The molecule has 1 saturated carbocycles. The number of benzene rings is 1. The van der Waals surface area contributed by atoms with Crippen LogP contribution in [0, 0.1) is 12.3 Å². The standard InChI is InChI=1S/C16H23N5/c1-11-9-12(17)6-7-14(11)15-18-19-20-21(15)13-5-4-8-16(2,3)10-13/h6-7,9,13H,4-5,8,10,17H2,1-3H3. The minimum absolute atomic E-state index is 0.363. The largest absolute Gasteiger partial charge is 0.399 e. The van der Waals surface area contributed by atoms with Crippen molar-refractivity contribution in [2.75, 3.05) is 5.73 Å². The smallest absolute Gasteiger partial charge is 0.182 e. The van der Waals surface area contributed by atoms with E-state index in [1.165, 1.54) is 12.8 Å². The van der Waals surface area contributed by atoms with E-state index in [1.807, 2.05) is 22.9 Å². The van der Waals surface area contributed by atoms with Crippen LogP contribution in [0.1, 0.15) is 51.1 Å². The van der Waals surface area contributed by atoms with Gasteiger partial charge in [0, 0.05) is 11.3 Å². The maximum absolute atomic E-state index is 5.84. The Labute approximate surface area is 125 Å². The van der Waals surface area contributed by atoms with E-state index >= 15 is 0 Å². The molecule has 1 atom stereocenters. The van der Waals surface area contributed by atoms with E-state index in [4.69, 9.17) is 5.73 Å². The van der Waals surface area contributed by atoms with Crippen molar-refractivity contribution in [3.8, 4) is 11.4 Å². The van der Waals surface area contributed by atoms with Gasteiger partial charge in [-0.2, -0.15) is 0 Å². The molecule has 2 aromatic rings. The molecule has 21 heavy (non-hydrogen) atoms. The highest BCUT2D eigenvalue weighted by Gasteiger charge is 2.31. The van der Waals surface area contributed by atoms with E-state index in [9.17, 15) is 0 Å². The molecule has 0 amide bonds. The van der Waals surface area contributed by atoms with Gasteiger partial charge in [-0.05, 0) is 65.8 Å². The van der Waals surface area contributed by atoms with Gasteiger partial charge in [0.1, 0.15) is 0 Å². The molecule has 0 spiro atoms. The number of tetrazole rings is 1. The molecule has 2 N–H and O–H groups in total. The third-order valence-electron chi connectivity index (χ3n) is 4.51. The Bertz CT molecular complexity index is 644. The molecule has 0 aliphatic heterocycles. The fraction of sp³-hybridized carbons (Fsp3) is 0.562. The van der Waals surface area contributed by atoms with Crippen LogP contribution in [0.15, 0.2) is 18.2 Å². The second kappa shape index (κ2) is 5.13. The maximum atomic E-state index is 5.84. The van der Waals surface area contributed by atoms with Crippen LogP contribution in [0.3, 0.4) is 0 Å². The molecule has 0 saturated heterocycles. The van der Waals surface area contributed by atoms with E-state index in [0.717, 1.165) is 35.5 Å². The number of nitrogens with two attached hydrogens (primary N) is 1. The minimum atomic E-state index is 0.363. The first-order valence-electron chi connectivity index (χ1n) is 7.61. The van der Waals surface area contributed by atoms with E-state index in [-0.39, 0.29) is 0 Å². The average Bonchev–Trinajstić information content (AvgIpc) is 2.86. The Kier molecular flexibility index (Phi) is 3.43. The van der Waals surface area contributed by atoms with Gasteiger partial charge in [0.25, 0.3) is 0 Å². The van der Waals surface area contributed by atoms with Crippen LogP contribution < -0.4 is 5.73 Å². The van der Waals surface area contributed by atoms with Crippen LogP contribution >= 0.6 is 0 Å². The highest BCUT2D eigenvalue weighted by Crippen LogP contribution is 2.41. The summed E-state index contributed by atoms with van der Waals surface area (Å²) in [7, 11) is 0. The Balaban J connectivity index is 1.97. The third-order valence-corrected chi connectivity index (χ3v) is 4.51. The van der Waals surface area contributed by atoms with Crippen molar-refractivity contribution in [1.82, 2.24) is 20.2 Å². The monoisotopic (exact) mass is 285 g/mol. The van der Waals surface area contributed by atoms with E-state index < -0.39 is 0 Å². The summed E-state index contributed by atoms with van der Waals surface area (Å²) < 4.78 is 2.01.